The summed E-state index contributed by atoms with van der Waals surface area (Å²) in [6.45, 7) is 6.21. The molecule has 41 heavy (non-hydrogen) atoms. The summed E-state index contributed by atoms with van der Waals surface area (Å²) in [7, 11) is 1.47. The Morgan fingerprint density at radius 3 is 2.44 bits per heavy atom. The minimum absolute atomic E-state index is 0.0178. The molecule has 1 aliphatic heterocycles. The lowest BCUT2D eigenvalue weighted by Gasteiger charge is -2.49. The van der Waals surface area contributed by atoms with Crippen molar-refractivity contribution in [1.82, 2.24) is 0 Å². The van der Waals surface area contributed by atoms with E-state index in [-0.39, 0.29) is 34.1 Å². The average Bonchev–Trinajstić information content (AvgIpc) is 3.42. The lowest BCUT2D eigenvalue weighted by molar-refractivity contribution is -0.162. The number of methoxy groups -OCH3 is 1. The predicted octanol–water partition coefficient (Wildman–Crippen LogP) is 2.39. The summed E-state index contributed by atoms with van der Waals surface area (Å²) in [5.41, 5.74) is 2.55. The summed E-state index contributed by atoms with van der Waals surface area (Å²) in [5.74, 6) is -5.05. The highest BCUT2D eigenvalue weighted by Gasteiger charge is 2.61. The molecule has 1 unspecified atom stereocenters. The smallest absolute Gasteiger partial charge is 0.343 e. The number of hydrogen-bond donors (Lipinski definition) is 6. The zero-order valence-corrected chi connectivity index (χ0v) is 23.0. The Hall–Kier alpha value is -4.09. The van der Waals surface area contributed by atoms with E-state index in [1.54, 1.807) is 0 Å². The highest BCUT2D eigenvalue weighted by atomic mass is 16.6. The maximum Gasteiger partial charge on any atom is 0.343 e. The number of fused-ring (bicyclic) bond motifs is 3. The summed E-state index contributed by atoms with van der Waals surface area (Å²) < 4.78 is 11.3. The topological polar surface area (TPSA) is 197 Å². The third-order valence-corrected chi connectivity index (χ3v) is 9.88. The summed E-state index contributed by atoms with van der Waals surface area (Å²) in [4.78, 5) is 38.0. The number of hydrogen-bond acceptors (Lipinski definition) is 10. The first-order valence-corrected chi connectivity index (χ1v) is 13.3. The zero-order valence-electron chi connectivity index (χ0n) is 23.0. The standard InChI is InChI=1S/C30H31NO10/c1-11-6-5-7-28(2,3)29(11)9-12-16-18(13(32)8-15(40-4)21(16)29)22(34)20-17(12)25(41-27(20)38)30(39)10-14(33)19(26(31)37)23(35)24(30)36/h6,8,24-25,32,34-36,39H,5,7,9-10H2,1-4H3,(H2,31,37)/t24?,25-,29+,30+/m0/s1. The van der Waals surface area contributed by atoms with E-state index in [1.165, 1.54) is 13.2 Å². The first kappa shape index (κ1) is 27.1. The van der Waals surface area contributed by atoms with Gasteiger partial charge in [0.05, 0.1) is 12.5 Å². The molecule has 2 aromatic carbocycles. The number of Topliss-reactive ketones (excluding diaryl/α,β-unsaturated/α-hetero) is 1. The molecule has 11 heteroatoms. The van der Waals surface area contributed by atoms with E-state index < -0.39 is 64.4 Å². The molecule has 0 bridgehead atoms. The summed E-state index contributed by atoms with van der Waals surface area (Å²) in [6, 6.07) is 1.40. The van der Waals surface area contributed by atoms with Gasteiger partial charge >= 0.3 is 5.97 Å². The van der Waals surface area contributed by atoms with Crippen molar-refractivity contribution < 1.29 is 49.4 Å². The number of aliphatic hydroxyl groups is 3. The minimum atomic E-state index is -2.61. The number of phenolic OH excluding ortho intramolecular Hbond substituents is 2. The molecule has 4 atom stereocenters. The molecule has 0 radical (unpaired) electrons. The van der Waals surface area contributed by atoms with Crippen molar-refractivity contribution in [2.45, 2.75) is 69.7 Å². The second-order valence-electron chi connectivity index (χ2n) is 12.1. The fraction of sp³-hybridized carbons (Fsp3) is 0.433. The highest BCUT2D eigenvalue weighted by molar-refractivity contribution is 6.20. The van der Waals surface area contributed by atoms with Crippen molar-refractivity contribution in [1.29, 1.82) is 0 Å². The predicted molar refractivity (Wildman–Crippen MR) is 144 cm³/mol. The number of ether oxygens (including phenoxy) is 2. The first-order chi connectivity index (χ1) is 19.1. The van der Waals surface area contributed by atoms with Crippen LogP contribution in [0.2, 0.25) is 0 Å². The molecule has 3 aliphatic carbocycles. The van der Waals surface area contributed by atoms with Crippen LogP contribution in [0.15, 0.2) is 29.0 Å². The quantitative estimate of drug-likeness (QED) is 0.183. The normalized spacial score (nSPS) is 30.0. The number of phenols is 2. The molecule has 0 saturated heterocycles. The monoisotopic (exact) mass is 565 g/mol. The van der Waals surface area contributed by atoms with E-state index in [1.807, 2.05) is 6.92 Å². The van der Waals surface area contributed by atoms with Crippen LogP contribution < -0.4 is 10.5 Å². The Labute approximate surface area is 234 Å². The Bertz CT molecular complexity index is 1680. The van der Waals surface area contributed by atoms with Gasteiger partial charge in [-0.1, -0.05) is 25.5 Å². The molecule has 0 saturated carbocycles. The van der Waals surface area contributed by atoms with Crippen LogP contribution in [0, 0.1) is 5.41 Å². The number of carbonyl (C=O) groups is 3. The van der Waals surface area contributed by atoms with E-state index in [0.29, 0.717) is 22.3 Å². The number of cyclic esters (lactones) is 1. The van der Waals surface area contributed by atoms with Gasteiger partial charge in [0, 0.05) is 34.4 Å². The number of esters is 1. The van der Waals surface area contributed by atoms with Gasteiger partial charge in [0.15, 0.2) is 11.9 Å². The molecule has 0 fully saturated rings. The Morgan fingerprint density at radius 1 is 1.15 bits per heavy atom. The fourth-order valence-electron chi connectivity index (χ4n) is 7.86. The van der Waals surface area contributed by atoms with E-state index in [4.69, 9.17) is 15.2 Å². The zero-order chi connectivity index (χ0) is 30.0. The molecular formula is C30H31NO10. The molecule has 11 nitrogen and oxygen atoms in total. The maximum absolute atomic E-state index is 13.3. The molecule has 1 heterocycles. The van der Waals surface area contributed by atoms with Gasteiger partial charge < -0.3 is 40.7 Å². The lowest BCUT2D eigenvalue weighted by Crippen LogP contribution is -2.54. The van der Waals surface area contributed by atoms with Gasteiger partial charge in [0.2, 0.25) is 0 Å². The van der Waals surface area contributed by atoms with Crippen molar-refractivity contribution in [3.8, 4) is 17.2 Å². The van der Waals surface area contributed by atoms with Crippen LogP contribution in [-0.2, 0) is 26.2 Å². The van der Waals surface area contributed by atoms with Crippen LogP contribution in [0.5, 0.6) is 17.2 Å². The first-order valence-electron chi connectivity index (χ1n) is 13.3. The molecule has 1 spiro atoms. The molecule has 1 amide bonds. The largest absolute Gasteiger partial charge is 0.508 e. The van der Waals surface area contributed by atoms with Gasteiger partial charge in [0.1, 0.15) is 45.8 Å². The molecule has 2 aromatic rings. The SMILES string of the molecule is COc1cc(O)c2c(O)c3c(c4c2c1[C@@]1(C4)C(C)=CCCC1(C)C)[C@@H]([C@@]1(O)CC(=O)C(C(N)=O)=C(O)C1O)OC3=O. The van der Waals surface area contributed by atoms with Crippen molar-refractivity contribution in [2.75, 3.05) is 7.11 Å². The minimum Gasteiger partial charge on any atom is -0.508 e. The molecule has 216 valence electrons. The summed E-state index contributed by atoms with van der Waals surface area (Å²) >= 11 is 0. The van der Waals surface area contributed by atoms with E-state index in [0.717, 1.165) is 18.4 Å². The number of rotatable bonds is 3. The molecular weight excluding hydrogens is 534 g/mol. The highest BCUT2D eigenvalue weighted by Crippen LogP contribution is 2.66. The Kier molecular flexibility index (Phi) is 5.44. The fourth-order valence-corrected chi connectivity index (χ4v) is 7.86. The summed E-state index contributed by atoms with van der Waals surface area (Å²) in [5, 5.41) is 56.4. The number of allylic oxidation sites excluding steroid dienone is 2. The van der Waals surface area contributed by atoms with Crippen LogP contribution in [0.4, 0.5) is 0 Å². The van der Waals surface area contributed by atoms with E-state index in [9.17, 15) is 39.9 Å². The van der Waals surface area contributed by atoms with Gasteiger partial charge in [-0.25, -0.2) is 4.79 Å². The van der Waals surface area contributed by atoms with Crippen LogP contribution in [-0.4, -0.2) is 62.0 Å². The number of amides is 1. The Balaban J connectivity index is 1.71. The van der Waals surface area contributed by atoms with Crippen molar-refractivity contribution in [2.24, 2.45) is 11.1 Å². The van der Waals surface area contributed by atoms with Crippen molar-refractivity contribution in [3.63, 3.8) is 0 Å². The number of primary amides is 1. The van der Waals surface area contributed by atoms with Gasteiger partial charge in [-0.3, -0.25) is 9.59 Å². The van der Waals surface area contributed by atoms with Crippen molar-refractivity contribution in [3.05, 3.63) is 51.3 Å². The number of benzene rings is 2. The van der Waals surface area contributed by atoms with Crippen molar-refractivity contribution >= 4 is 28.4 Å². The van der Waals surface area contributed by atoms with E-state index >= 15 is 0 Å². The molecule has 6 rings (SSSR count). The lowest BCUT2D eigenvalue weighted by atomic mass is 9.54. The second kappa shape index (κ2) is 8.23. The van der Waals surface area contributed by atoms with Gasteiger partial charge in [-0.2, -0.15) is 0 Å². The molecule has 7 N–H and O–H groups in total. The maximum atomic E-state index is 13.3. The second-order valence-corrected chi connectivity index (χ2v) is 12.1. The number of aliphatic hydroxyl groups excluding tert-OH is 2. The number of nitrogens with two attached hydrogens (primary N) is 1. The average molecular weight is 566 g/mol. The van der Waals surface area contributed by atoms with Gasteiger partial charge in [-0.05, 0) is 37.2 Å². The molecule has 4 aliphatic rings. The number of carbonyl (C=O) groups excluding carboxylic acids is 3. The van der Waals surface area contributed by atoms with Gasteiger partial charge in [-0.15, -0.1) is 0 Å². The van der Waals surface area contributed by atoms with Gasteiger partial charge in [0.25, 0.3) is 5.91 Å². The third kappa shape index (κ3) is 3.07. The summed E-state index contributed by atoms with van der Waals surface area (Å²) in [6.07, 6.45) is -0.843. The van der Waals surface area contributed by atoms with Crippen LogP contribution in [0.1, 0.15) is 73.2 Å². The molecule has 0 aromatic heterocycles. The van der Waals surface area contributed by atoms with Crippen LogP contribution >= 0.6 is 0 Å². The van der Waals surface area contributed by atoms with Crippen LogP contribution in [0.25, 0.3) is 10.8 Å². The third-order valence-electron chi connectivity index (χ3n) is 9.88. The van der Waals surface area contributed by atoms with Crippen LogP contribution in [0.3, 0.4) is 0 Å². The Morgan fingerprint density at radius 2 is 1.83 bits per heavy atom. The van der Waals surface area contributed by atoms with E-state index in [2.05, 4.69) is 19.9 Å². The number of ketones is 1. The number of aromatic hydroxyl groups is 2.